The average Bonchev–Trinajstić information content (AvgIpc) is 2.94. The predicted molar refractivity (Wildman–Crippen MR) is 78.0 cm³/mol. The van der Waals surface area contributed by atoms with Gasteiger partial charge in [-0.25, -0.2) is 4.98 Å². The highest BCUT2D eigenvalue weighted by Crippen LogP contribution is 2.25. The van der Waals surface area contributed by atoms with Gasteiger partial charge in [-0.2, -0.15) is 9.78 Å². The lowest BCUT2D eigenvalue weighted by Gasteiger charge is -2.05. The van der Waals surface area contributed by atoms with Crippen LogP contribution in [0.4, 0.5) is 0 Å². The molecule has 0 unspecified atom stereocenters. The van der Waals surface area contributed by atoms with Crippen LogP contribution in [0.3, 0.4) is 0 Å². The number of hydrogen-bond donors (Lipinski definition) is 0. The van der Waals surface area contributed by atoms with Crippen LogP contribution in [0.5, 0.6) is 5.88 Å². The predicted octanol–water partition coefficient (Wildman–Crippen LogP) is 3.33. The summed E-state index contributed by atoms with van der Waals surface area (Å²) in [5.74, 6) is 1.45. The standard InChI is InChI=1S/C16H15N3O/c1-2-20-16-12-14(13-8-4-3-5-9-13)18-19(16)15-10-6-7-11-17-15/h3-12H,2H2,1H3. The van der Waals surface area contributed by atoms with Crippen molar-refractivity contribution in [2.75, 3.05) is 6.61 Å². The van der Waals surface area contributed by atoms with Gasteiger partial charge in [0.05, 0.1) is 12.3 Å². The summed E-state index contributed by atoms with van der Waals surface area (Å²) in [7, 11) is 0. The van der Waals surface area contributed by atoms with E-state index in [0.29, 0.717) is 12.5 Å². The Hall–Kier alpha value is -2.62. The summed E-state index contributed by atoms with van der Waals surface area (Å²) in [5.41, 5.74) is 1.93. The smallest absolute Gasteiger partial charge is 0.218 e. The first-order valence-corrected chi connectivity index (χ1v) is 6.58. The van der Waals surface area contributed by atoms with Crippen molar-refractivity contribution in [3.05, 3.63) is 60.8 Å². The Balaban J connectivity index is 2.08. The zero-order chi connectivity index (χ0) is 13.8. The third-order valence-electron chi connectivity index (χ3n) is 2.90. The molecule has 3 aromatic rings. The minimum absolute atomic E-state index is 0.590. The first kappa shape index (κ1) is 12.4. The quantitative estimate of drug-likeness (QED) is 0.726. The van der Waals surface area contributed by atoms with E-state index in [9.17, 15) is 0 Å². The number of pyridine rings is 1. The largest absolute Gasteiger partial charge is 0.478 e. The Labute approximate surface area is 117 Å². The summed E-state index contributed by atoms with van der Waals surface area (Å²) in [6, 6.07) is 17.7. The van der Waals surface area contributed by atoms with Crippen molar-refractivity contribution in [1.82, 2.24) is 14.8 Å². The van der Waals surface area contributed by atoms with Gasteiger partial charge >= 0.3 is 0 Å². The van der Waals surface area contributed by atoms with Gasteiger partial charge in [-0.05, 0) is 19.1 Å². The molecule has 0 fully saturated rings. The van der Waals surface area contributed by atoms with Crippen molar-refractivity contribution in [2.45, 2.75) is 6.92 Å². The van der Waals surface area contributed by atoms with Crippen molar-refractivity contribution in [1.29, 1.82) is 0 Å². The zero-order valence-electron chi connectivity index (χ0n) is 11.2. The highest BCUT2D eigenvalue weighted by Gasteiger charge is 2.12. The van der Waals surface area contributed by atoms with Gasteiger partial charge in [0, 0.05) is 17.8 Å². The Morgan fingerprint density at radius 1 is 1.05 bits per heavy atom. The van der Waals surface area contributed by atoms with E-state index < -0.39 is 0 Å². The summed E-state index contributed by atoms with van der Waals surface area (Å²) >= 11 is 0. The Morgan fingerprint density at radius 3 is 2.55 bits per heavy atom. The van der Waals surface area contributed by atoms with E-state index in [1.807, 2.05) is 61.5 Å². The minimum atomic E-state index is 0.590. The molecular formula is C16H15N3O. The summed E-state index contributed by atoms with van der Waals surface area (Å²) in [4.78, 5) is 4.32. The first-order chi connectivity index (χ1) is 9.88. The molecule has 0 radical (unpaired) electrons. The lowest BCUT2D eigenvalue weighted by Crippen LogP contribution is -2.03. The Bertz CT molecular complexity index is 677. The summed E-state index contributed by atoms with van der Waals surface area (Å²) in [6.07, 6.45) is 1.74. The first-order valence-electron chi connectivity index (χ1n) is 6.58. The SMILES string of the molecule is CCOc1cc(-c2ccccc2)nn1-c1ccccn1. The minimum Gasteiger partial charge on any atom is -0.478 e. The van der Waals surface area contributed by atoms with Crippen molar-refractivity contribution >= 4 is 0 Å². The zero-order valence-corrected chi connectivity index (χ0v) is 11.2. The van der Waals surface area contributed by atoms with Crippen LogP contribution in [0, 0.1) is 0 Å². The van der Waals surface area contributed by atoms with Crippen LogP contribution in [0.15, 0.2) is 60.8 Å². The molecule has 3 rings (SSSR count). The molecule has 2 aromatic heterocycles. The second-order valence-corrected chi connectivity index (χ2v) is 4.27. The lowest BCUT2D eigenvalue weighted by atomic mass is 10.2. The molecule has 100 valence electrons. The molecule has 0 amide bonds. The van der Waals surface area contributed by atoms with Crippen LogP contribution < -0.4 is 4.74 Å². The normalized spacial score (nSPS) is 10.4. The summed E-state index contributed by atoms with van der Waals surface area (Å²) in [5, 5.41) is 4.60. The highest BCUT2D eigenvalue weighted by molar-refractivity contribution is 5.60. The Morgan fingerprint density at radius 2 is 1.85 bits per heavy atom. The lowest BCUT2D eigenvalue weighted by molar-refractivity contribution is 0.316. The van der Waals surface area contributed by atoms with Gasteiger partial charge < -0.3 is 4.74 Å². The van der Waals surface area contributed by atoms with Crippen LogP contribution in [0.25, 0.3) is 17.1 Å². The summed E-state index contributed by atoms with van der Waals surface area (Å²) in [6.45, 7) is 2.55. The van der Waals surface area contributed by atoms with E-state index in [4.69, 9.17) is 4.74 Å². The molecule has 0 spiro atoms. The molecule has 0 atom stereocenters. The maximum Gasteiger partial charge on any atom is 0.218 e. The van der Waals surface area contributed by atoms with Crippen LogP contribution in [0.1, 0.15) is 6.92 Å². The molecule has 0 aliphatic heterocycles. The molecule has 0 N–H and O–H groups in total. The fourth-order valence-corrected chi connectivity index (χ4v) is 2.01. The van der Waals surface area contributed by atoms with Gasteiger partial charge in [0.15, 0.2) is 5.82 Å². The molecule has 4 nitrogen and oxygen atoms in total. The number of ether oxygens (including phenoxy) is 1. The van der Waals surface area contributed by atoms with Gasteiger partial charge in [0.2, 0.25) is 5.88 Å². The monoisotopic (exact) mass is 265 g/mol. The molecule has 1 aromatic carbocycles. The second-order valence-electron chi connectivity index (χ2n) is 4.27. The maximum absolute atomic E-state index is 5.65. The van der Waals surface area contributed by atoms with Crippen LogP contribution in [-0.2, 0) is 0 Å². The summed E-state index contributed by atoms with van der Waals surface area (Å²) < 4.78 is 7.38. The number of benzene rings is 1. The molecule has 0 bridgehead atoms. The molecule has 2 heterocycles. The van der Waals surface area contributed by atoms with E-state index in [1.54, 1.807) is 10.9 Å². The van der Waals surface area contributed by atoms with Crippen molar-refractivity contribution < 1.29 is 4.74 Å². The van der Waals surface area contributed by atoms with Crippen molar-refractivity contribution in [3.8, 4) is 23.0 Å². The third-order valence-corrected chi connectivity index (χ3v) is 2.90. The van der Waals surface area contributed by atoms with Gasteiger partial charge in [0.25, 0.3) is 0 Å². The van der Waals surface area contributed by atoms with Crippen LogP contribution in [0.2, 0.25) is 0 Å². The fourth-order valence-electron chi connectivity index (χ4n) is 2.01. The third kappa shape index (κ3) is 2.40. The molecule has 0 aliphatic carbocycles. The van der Waals surface area contributed by atoms with Crippen molar-refractivity contribution in [2.24, 2.45) is 0 Å². The number of aromatic nitrogens is 3. The number of rotatable bonds is 4. The molecular weight excluding hydrogens is 250 g/mol. The molecule has 20 heavy (non-hydrogen) atoms. The maximum atomic E-state index is 5.65. The molecule has 0 aliphatic rings. The van der Waals surface area contributed by atoms with E-state index >= 15 is 0 Å². The fraction of sp³-hybridized carbons (Fsp3) is 0.125. The van der Waals surface area contributed by atoms with E-state index in [-0.39, 0.29) is 0 Å². The highest BCUT2D eigenvalue weighted by atomic mass is 16.5. The van der Waals surface area contributed by atoms with Gasteiger partial charge in [-0.3, -0.25) is 0 Å². The number of hydrogen-bond acceptors (Lipinski definition) is 3. The molecule has 0 saturated carbocycles. The van der Waals surface area contributed by atoms with Crippen molar-refractivity contribution in [3.63, 3.8) is 0 Å². The second kappa shape index (κ2) is 5.57. The molecule has 0 saturated heterocycles. The van der Waals surface area contributed by atoms with Gasteiger partial charge in [0.1, 0.15) is 0 Å². The van der Waals surface area contributed by atoms with Crippen LogP contribution in [-0.4, -0.2) is 21.4 Å². The van der Waals surface area contributed by atoms with Crippen LogP contribution >= 0.6 is 0 Å². The molecule has 4 heteroatoms. The van der Waals surface area contributed by atoms with E-state index in [2.05, 4.69) is 10.1 Å². The average molecular weight is 265 g/mol. The topological polar surface area (TPSA) is 39.9 Å². The Kier molecular flexibility index (Phi) is 3.46. The van der Waals surface area contributed by atoms with E-state index in [1.165, 1.54) is 0 Å². The number of nitrogens with zero attached hydrogens (tertiary/aromatic N) is 3. The van der Waals surface area contributed by atoms with Gasteiger partial charge in [-0.15, -0.1) is 0 Å². The van der Waals surface area contributed by atoms with Gasteiger partial charge in [-0.1, -0.05) is 36.4 Å². The van der Waals surface area contributed by atoms with E-state index in [0.717, 1.165) is 17.1 Å².